The van der Waals surface area contributed by atoms with Crippen molar-refractivity contribution in [2.24, 2.45) is 0 Å². The maximum absolute atomic E-state index is 5.62. The molecule has 6 nitrogen and oxygen atoms in total. The van der Waals surface area contributed by atoms with Gasteiger partial charge >= 0.3 is 0 Å². The molecular formula is C25H35BrN6S. The fourth-order valence-corrected chi connectivity index (χ4v) is 5.97. The number of anilines is 3. The first-order valence-electron chi connectivity index (χ1n) is 12.0. The van der Waals surface area contributed by atoms with Gasteiger partial charge in [-0.2, -0.15) is 4.98 Å². The molecule has 0 atom stereocenters. The Balaban J connectivity index is 1.31. The molecule has 1 saturated carbocycles. The molecule has 0 aliphatic heterocycles. The van der Waals surface area contributed by atoms with Crippen LogP contribution < -0.4 is 20.9 Å². The van der Waals surface area contributed by atoms with Crippen LogP contribution in [0.5, 0.6) is 0 Å². The molecule has 178 valence electrons. The maximum atomic E-state index is 5.62. The third-order valence-electron chi connectivity index (χ3n) is 6.72. The third-order valence-corrected chi connectivity index (χ3v) is 7.39. The third kappa shape index (κ3) is 5.96. The molecule has 2 aromatic rings. The first kappa shape index (κ1) is 24.2. The zero-order chi connectivity index (χ0) is 23.5. The Morgan fingerprint density at radius 2 is 1.64 bits per heavy atom. The molecule has 0 radical (unpaired) electrons. The molecule has 8 heteroatoms. The summed E-state index contributed by atoms with van der Waals surface area (Å²) < 4.78 is 1.09. The highest BCUT2D eigenvalue weighted by molar-refractivity contribution is 9.10. The normalized spacial score (nSPS) is 20.0. The Kier molecular flexibility index (Phi) is 7.74. The zero-order valence-corrected chi connectivity index (χ0v) is 22.5. The molecule has 1 aromatic carbocycles. The van der Waals surface area contributed by atoms with Crippen molar-refractivity contribution in [3.8, 4) is 0 Å². The predicted molar refractivity (Wildman–Crippen MR) is 146 cm³/mol. The topological polar surface area (TPSA) is 65.1 Å². The number of thiocarbonyl (C=S) groups is 1. The molecule has 0 bridgehead atoms. The van der Waals surface area contributed by atoms with Crippen LogP contribution in [0, 0.1) is 13.8 Å². The summed E-state index contributed by atoms with van der Waals surface area (Å²) in [5.41, 5.74) is 6.02. The molecule has 3 N–H and O–H groups in total. The molecule has 0 spiro atoms. The van der Waals surface area contributed by atoms with Crippen LogP contribution in [0.25, 0.3) is 0 Å². The predicted octanol–water partition coefficient (Wildman–Crippen LogP) is 5.51. The van der Waals surface area contributed by atoms with Gasteiger partial charge in [0.1, 0.15) is 5.82 Å². The van der Waals surface area contributed by atoms with Crippen molar-refractivity contribution in [2.45, 2.75) is 77.3 Å². The standard InChI is InChI=1S/C25H35BrN6S/c1-15-13-17(26)14-16(2)22(15)30-25(33)28-19-11-9-18(10-12-19)27-24-29-21-8-6-5-7-20(21)23(31-24)32(3)4/h13-14,18-19H,5-12H2,1-4H3,(H,27,29,31)(H2,28,30,33)/t18-,19+. The lowest BCUT2D eigenvalue weighted by Gasteiger charge is -2.31. The van der Waals surface area contributed by atoms with Crippen LogP contribution in [-0.2, 0) is 12.8 Å². The van der Waals surface area contributed by atoms with Gasteiger partial charge in [-0.25, -0.2) is 4.98 Å². The average Bonchev–Trinajstić information content (AvgIpc) is 2.77. The van der Waals surface area contributed by atoms with Gasteiger partial charge in [-0.05, 0) is 101 Å². The van der Waals surface area contributed by atoms with E-state index in [0.29, 0.717) is 17.2 Å². The number of halogens is 1. The van der Waals surface area contributed by atoms with Gasteiger partial charge in [-0.3, -0.25) is 0 Å². The second kappa shape index (κ2) is 10.6. The minimum Gasteiger partial charge on any atom is -0.362 e. The number of aromatic nitrogens is 2. The van der Waals surface area contributed by atoms with E-state index in [0.717, 1.165) is 60.5 Å². The first-order valence-corrected chi connectivity index (χ1v) is 13.2. The first-order chi connectivity index (χ1) is 15.8. The molecule has 2 aliphatic rings. The van der Waals surface area contributed by atoms with E-state index >= 15 is 0 Å². The van der Waals surface area contributed by atoms with Crippen LogP contribution in [0.3, 0.4) is 0 Å². The summed E-state index contributed by atoms with van der Waals surface area (Å²) in [5, 5.41) is 11.3. The summed E-state index contributed by atoms with van der Waals surface area (Å²) >= 11 is 9.18. The van der Waals surface area contributed by atoms with Crippen molar-refractivity contribution in [3.05, 3.63) is 39.0 Å². The quantitative estimate of drug-likeness (QED) is 0.440. The minimum atomic E-state index is 0.390. The molecule has 2 aliphatic carbocycles. The van der Waals surface area contributed by atoms with Crippen LogP contribution >= 0.6 is 28.1 Å². The van der Waals surface area contributed by atoms with Gasteiger partial charge in [0.2, 0.25) is 5.95 Å². The number of hydrogen-bond acceptors (Lipinski definition) is 5. The van der Waals surface area contributed by atoms with Crippen LogP contribution in [0.1, 0.15) is 60.9 Å². The molecule has 4 rings (SSSR count). The molecule has 1 heterocycles. The number of rotatable bonds is 5. The van der Waals surface area contributed by atoms with E-state index in [1.54, 1.807) is 0 Å². The van der Waals surface area contributed by atoms with Crippen molar-refractivity contribution in [2.75, 3.05) is 29.6 Å². The second-order valence-electron chi connectivity index (χ2n) is 9.60. The van der Waals surface area contributed by atoms with Crippen LogP contribution in [0.4, 0.5) is 17.5 Å². The Morgan fingerprint density at radius 1 is 1.00 bits per heavy atom. The van der Waals surface area contributed by atoms with E-state index in [2.05, 4.69) is 76.9 Å². The van der Waals surface area contributed by atoms with Crippen molar-refractivity contribution >= 4 is 50.7 Å². The maximum Gasteiger partial charge on any atom is 0.225 e. The fraction of sp³-hybridized carbons (Fsp3) is 0.560. The van der Waals surface area contributed by atoms with E-state index < -0.39 is 0 Å². The van der Waals surface area contributed by atoms with E-state index in [-0.39, 0.29) is 0 Å². The Labute approximate surface area is 211 Å². The van der Waals surface area contributed by atoms with Gasteiger partial charge in [-0.1, -0.05) is 15.9 Å². The van der Waals surface area contributed by atoms with Crippen LogP contribution in [-0.4, -0.2) is 41.3 Å². The van der Waals surface area contributed by atoms with Crippen molar-refractivity contribution < 1.29 is 0 Å². The molecule has 1 aromatic heterocycles. The minimum absolute atomic E-state index is 0.390. The van der Waals surface area contributed by atoms with Gasteiger partial charge in [-0.15, -0.1) is 0 Å². The van der Waals surface area contributed by atoms with E-state index in [9.17, 15) is 0 Å². The van der Waals surface area contributed by atoms with Gasteiger partial charge in [0, 0.05) is 41.9 Å². The monoisotopic (exact) mass is 530 g/mol. The lowest BCUT2D eigenvalue weighted by atomic mass is 9.91. The Bertz CT molecular complexity index is 993. The van der Waals surface area contributed by atoms with Crippen molar-refractivity contribution in [3.63, 3.8) is 0 Å². The van der Waals surface area contributed by atoms with Gasteiger partial charge < -0.3 is 20.9 Å². The molecule has 1 fully saturated rings. The summed E-state index contributed by atoms with van der Waals surface area (Å²) in [7, 11) is 4.15. The summed E-state index contributed by atoms with van der Waals surface area (Å²) in [4.78, 5) is 11.9. The van der Waals surface area contributed by atoms with E-state index in [4.69, 9.17) is 22.2 Å². The molecule has 33 heavy (non-hydrogen) atoms. The summed E-state index contributed by atoms with van der Waals surface area (Å²) in [6.07, 6.45) is 8.91. The summed E-state index contributed by atoms with van der Waals surface area (Å²) in [6, 6.07) is 5.01. The van der Waals surface area contributed by atoms with E-state index in [1.807, 2.05) is 0 Å². The van der Waals surface area contributed by atoms with Gasteiger partial charge in [0.05, 0.1) is 5.69 Å². The smallest absolute Gasteiger partial charge is 0.225 e. The molecule has 0 unspecified atom stereocenters. The fourth-order valence-electron chi connectivity index (χ4n) is 5.02. The lowest BCUT2D eigenvalue weighted by molar-refractivity contribution is 0.387. The highest BCUT2D eigenvalue weighted by Crippen LogP contribution is 2.30. The number of nitrogens with zero attached hydrogens (tertiary/aromatic N) is 3. The van der Waals surface area contributed by atoms with Gasteiger partial charge in [0.15, 0.2) is 5.11 Å². The number of aryl methyl sites for hydroxylation is 3. The lowest BCUT2D eigenvalue weighted by Crippen LogP contribution is -2.42. The average molecular weight is 532 g/mol. The highest BCUT2D eigenvalue weighted by Gasteiger charge is 2.24. The molecule has 0 amide bonds. The number of benzene rings is 1. The Morgan fingerprint density at radius 3 is 2.30 bits per heavy atom. The largest absolute Gasteiger partial charge is 0.362 e. The number of nitrogens with one attached hydrogen (secondary N) is 3. The summed E-state index contributed by atoms with van der Waals surface area (Å²) in [5.74, 6) is 1.86. The highest BCUT2D eigenvalue weighted by atomic mass is 79.9. The zero-order valence-electron chi connectivity index (χ0n) is 20.1. The van der Waals surface area contributed by atoms with Crippen LogP contribution in [0.2, 0.25) is 0 Å². The van der Waals surface area contributed by atoms with Crippen LogP contribution in [0.15, 0.2) is 16.6 Å². The van der Waals surface area contributed by atoms with E-state index in [1.165, 1.54) is 35.2 Å². The molecule has 0 saturated heterocycles. The SMILES string of the molecule is Cc1cc(Br)cc(C)c1NC(=S)N[C@H]1CC[C@@H](Nc2nc3c(c(N(C)C)n2)CCCC3)CC1. The summed E-state index contributed by atoms with van der Waals surface area (Å²) in [6.45, 7) is 4.20. The second-order valence-corrected chi connectivity index (χ2v) is 10.9. The van der Waals surface area contributed by atoms with Crippen molar-refractivity contribution in [1.29, 1.82) is 0 Å². The molecular weight excluding hydrogens is 496 g/mol. The van der Waals surface area contributed by atoms with Crippen molar-refractivity contribution in [1.82, 2.24) is 15.3 Å². The Hall–Kier alpha value is -1.93. The number of hydrogen-bond donors (Lipinski definition) is 3. The number of fused-ring (bicyclic) bond motifs is 1. The van der Waals surface area contributed by atoms with Gasteiger partial charge in [0.25, 0.3) is 0 Å².